The highest BCUT2D eigenvalue weighted by molar-refractivity contribution is 5.85. The van der Waals surface area contributed by atoms with Gasteiger partial charge in [0.05, 0.1) is 36.4 Å². The van der Waals surface area contributed by atoms with E-state index >= 15 is 0 Å². The van der Waals surface area contributed by atoms with E-state index in [1.807, 2.05) is 32.9 Å². The first-order chi connectivity index (χ1) is 20.2. The Bertz CT molecular complexity index is 1330. The molecule has 2 aliphatic rings. The SMILES string of the molecule is COc1ccc2nc(CCCCCC3CCCC[C@H]3O[C@H](C(=O)N3CCC(CC#N)C3C=O)C(C)(C)C)c(=O)[nH]c2c1. The number of H-pyrrole nitrogens is 1. The lowest BCUT2D eigenvalue weighted by molar-refractivity contribution is -0.165. The predicted octanol–water partition coefficient (Wildman–Crippen LogP) is 5.35. The summed E-state index contributed by atoms with van der Waals surface area (Å²) in [5.74, 6) is 0.820. The first-order valence-electron chi connectivity index (χ1n) is 15.5. The number of methoxy groups -OCH3 is 1. The number of unbranched alkanes of at least 4 members (excludes halogenated alkanes) is 2. The average molecular weight is 579 g/mol. The Balaban J connectivity index is 1.33. The fourth-order valence-electron chi connectivity index (χ4n) is 6.58. The Labute approximate surface area is 249 Å². The summed E-state index contributed by atoms with van der Waals surface area (Å²) < 4.78 is 11.9. The molecule has 2 aromatic rings. The quantitative estimate of drug-likeness (QED) is 0.266. The fraction of sp³-hybridized carbons (Fsp3) is 0.667. The van der Waals surface area contributed by atoms with E-state index in [-0.39, 0.29) is 29.9 Å². The highest BCUT2D eigenvalue weighted by Crippen LogP contribution is 2.37. The van der Waals surface area contributed by atoms with Crippen molar-refractivity contribution in [2.24, 2.45) is 17.3 Å². The first kappa shape index (κ1) is 31.7. The van der Waals surface area contributed by atoms with Crippen molar-refractivity contribution in [1.29, 1.82) is 5.26 Å². The zero-order chi connectivity index (χ0) is 30.3. The van der Waals surface area contributed by atoms with E-state index in [0.29, 0.717) is 42.3 Å². The van der Waals surface area contributed by atoms with Gasteiger partial charge in [0.2, 0.25) is 0 Å². The van der Waals surface area contributed by atoms with E-state index in [1.54, 1.807) is 18.1 Å². The molecule has 228 valence electrons. The van der Waals surface area contributed by atoms with Gasteiger partial charge in [-0.15, -0.1) is 0 Å². The van der Waals surface area contributed by atoms with Crippen LogP contribution in [-0.2, 0) is 20.7 Å². The van der Waals surface area contributed by atoms with Crippen molar-refractivity contribution >= 4 is 23.2 Å². The highest BCUT2D eigenvalue weighted by atomic mass is 16.5. The number of likely N-dealkylation sites (tertiary alicyclic amines) is 1. The van der Waals surface area contributed by atoms with E-state index in [1.165, 1.54) is 0 Å². The fourth-order valence-corrected chi connectivity index (χ4v) is 6.58. The van der Waals surface area contributed by atoms with Gasteiger partial charge in [-0.1, -0.05) is 46.5 Å². The number of aromatic amines is 1. The Hall–Kier alpha value is -3.25. The van der Waals surface area contributed by atoms with Gasteiger partial charge in [-0.3, -0.25) is 9.59 Å². The number of aromatic nitrogens is 2. The van der Waals surface area contributed by atoms with Crippen molar-refractivity contribution in [3.8, 4) is 11.8 Å². The van der Waals surface area contributed by atoms with Crippen LogP contribution in [0.5, 0.6) is 5.75 Å². The van der Waals surface area contributed by atoms with Crippen molar-refractivity contribution in [3.63, 3.8) is 0 Å². The normalized spacial score (nSPS) is 23.5. The molecule has 1 aromatic carbocycles. The molecular weight excluding hydrogens is 532 g/mol. The van der Waals surface area contributed by atoms with E-state index < -0.39 is 17.6 Å². The van der Waals surface area contributed by atoms with E-state index in [0.717, 1.165) is 63.2 Å². The van der Waals surface area contributed by atoms with Crippen molar-refractivity contribution in [3.05, 3.63) is 34.2 Å². The Morgan fingerprint density at radius 2 is 1.98 bits per heavy atom. The van der Waals surface area contributed by atoms with Crippen LogP contribution in [0.2, 0.25) is 0 Å². The van der Waals surface area contributed by atoms with E-state index in [9.17, 15) is 14.4 Å². The van der Waals surface area contributed by atoms with Crippen LogP contribution in [0.1, 0.15) is 90.7 Å². The molecule has 1 saturated heterocycles. The van der Waals surface area contributed by atoms with Gasteiger partial charge in [0.15, 0.2) is 0 Å². The molecule has 1 aliphatic carbocycles. The molecule has 2 fully saturated rings. The van der Waals surface area contributed by atoms with Crippen LogP contribution >= 0.6 is 0 Å². The third-order valence-electron chi connectivity index (χ3n) is 8.98. The third kappa shape index (κ3) is 7.57. The topological polar surface area (TPSA) is 125 Å². The number of hydrogen-bond acceptors (Lipinski definition) is 7. The molecule has 1 aliphatic heterocycles. The lowest BCUT2D eigenvalue weighted by atomic mass is 9.81. The molecule has 1 saturated carbocycles. The molecule has 9 nitrogen and oxygen atoms in total. The number of ether oxygens (including phenoxy) is 2. The summed E-state index contributed by atoms with van der Waals surface area (Å²) in [7, 11) is 1.59. The number of nitrogens with one attached hydrogen (secondary N) is 1. The molecule has 0 spiro atoms. The zero-order valence-corrected chi connectivity index (χ0v) is 25.6. The monoisotopic (exact) mass is 578 g/mol. The Kier molecular flexibility index (Phi) is 10.8. The van der Waals surface area contributed by atoms with Gasteiger partial charge < -0.3 is 24.2 Å². The molecule has 1 N–H and O–H groups in total. The van der Waals surface area contributed by atoms with Gasteiger partial charge >= 0.3 is 0 Å². The summed E-state index contributed by atoms with van der Waals surface area (Å²) in [5.41, 5.74) is 1.41. The van der Waals surface area contributed by atoms with Gasteiger partial charge in [-0.2, -0.15) is 5.26 Å². The van der Waals surface area contributed by atoms with Gasteiger partial charge in [0.1, 0.15) is 23.8 Å². The van der Waals surface area contributed by atoms with Crippen molar-refractivity contribution < 1.29 is 19.1 Å². The van der Waals surface area contributed by atoms with E-state index in [2.05, 4.69) is 16.0 Å². The number of amides is 1. The largest absolute Gasteiger partial charge is 0.497 e. The second-order valence-corrected chi connectivity index (χ2v) is 13.0. The summed E-state index contributed by atoms with van der Waals surface area (Å²) in [5, 5.41) is 9.16. The second-order valence-electron chi connectivity index (χ2n) is 13.0. The van der Waals surface area contributed by atoms with Crippen LogP contribution in [0.4, 0.5) is 0 Å². The number of fused-ring (bicyclic) bond motifs is 1. The predicted molar refractivity (Wildman–Crippen MR) is 161 cm³/mol. The number of nitriles is 1. The number of benzene rings is 1. The molecular formula is C33H46N4O5. The maximum Gasteiger partial charge on any atom is 0.270 e. The van der Waals surface area contributed by atoms with Gasteiger partial charge in [-0.05, 0) is 62.0 Å². The number of hydrogen-bond donors (Lipinski definition) is 1. The maximum atomic E-state index is 13.8. The summed E-state index contributed by atoms with van der Waals surface area (Å²) in [6.07, 6.45) is 9.92. The molecule has 0 radical (unpaired) electrons. The van der Waals surface area contributed by atoms with E-state index in [4.69, 9.17) is 14.7 Å². The molecule has 2 heterocycles. The molecule has 1 aromatic heterocycles. The van der Waals surface area contributed by atoms with Gasteiger partial charge in [0, 0.05) is 24.9 Å². The summed E-state index contributed by atoms with van der Waals surface area (Å²) in [4.78, 5) is 47.4. The summed E-state index contributed by atoms with van der Waals surface area (Å²) >= 11 is 0. The van der Waals surface area contributed by atoms with Crippen LogP contribution in [0.15, 0.2) is 23.0 Å². The minimum absolute atomic E-state index is 0.00102. The molecule has 5 atom stereocenters. The number of carbonyl (C=O) groups is 2. The van der Waals surface area contributed by atoms with Crippen molar-refractivity contribution in [2.45, 2.75) is 110 Å². The maximum absolute atomic E-state index is 13.8. The van der Waals surface area contributed by atoms with Crippen LogP contribution in [-0.4, -0.2) is 59.0 Å². The highest BCUT2D eigenvalue weighted by Gasteiger charge is 2.44. The van der Waals surface area contributed by atoms with Crippen LogP contribution in [0.3, 0.4) is 0 Å². The van der Waals surface area contributed by atoms with Crippen molar-refractivity contribution in [2.75, 3.05) is 13.7 Å². The Morgan fingerprint density at radius 1 is 1.19 bits per heavy atom. The van der Waals surface area contributed by atoms with Gasteiger partial charge in [-0.25, -0.2) is 4.98 Å². The summed E-state index contributed by atoms with van der Waals surface area (Å²) in [6, 6.07) is 7.09. The number of rotatable bonds is 12. The lowest BCUT2D eigenvalue weighted by Gasteiger charge is -2.40. The lowest BCUT2D eigenvalue weighted by Crippen LogP contribution is -2.51. The third-order valence-corrected chi connectivity index (χ3v) is 8.98. The van der Waals surface area contributed by atoms with Gasteiger partial charge in [0.25, 0.3) is 11.5 Å². The average Bonchev–Trinajstić information content (AvgIpc) is 3.38. The smallest absolute Gasteiger partial charge is 0.270 e. The first-order valence-corrected chi connectivity index (χ1v) is 15.5. The second kappa shape index (κ2) is 14.3. The number of aldehydes is 1. The van der Waals surface area contributed by atoms with Crippen LogP contribution < -0.4 is 10.3 Å². The molecule has 42 heavy (non-hydrogen) atoms. The number of aryl methyl sites for hydroxylation is 1. The standard InChI is InChI=1S/C33H46N4O5/c1-33(2,3)30(32(40)37-19-17-22(16-18-34)28(37)21-38)42-29-13-9-8-11-23(29)10-6-5-7-12-26-31(39)36-27-20-24(41-4)14-15-25(27)35-26/h14-15,20-23,28-30H,5-13,16-17,19H2,1-4H3,(H,36,39)/t22?,23?,28?,29-,30-/m1/s1. The Morgan fingerprint density at radius 3 is 2.69 bits per heavy atom. The van der Waals surface area contributed by atoms with Crippen LogP contribution in [0, 0.1) is 28.6 Å². The molecule has 9 heteroatoms. The number of carbonyl (C=O) groups excluding carboxylic acids is 2. The molecule has 4 rings (SSSR count). The summed E-state index contributed by atoms with van der Waals surface area (Å²) in [6.45, 7) is 6.54. The molecule has 1 amide bonds. The van der Waals surface area contributed by atoms with Crippen molar-refractivity contribution in [1.82, 2.24) is 14.9 Å². The molecule has 0 bridgehead atoms. The number of nitrogens with zero attached hydrogens (tertiary/aromatic N) is 3. The molecule has 3 unspecified atom stereocenters. The van der Waals surface area contributed by atoms with Crippen LogP contribution in [0.25, 0.3) is 11.0 Å². The minimum Gasteiger partial charge on any atom is -0.497 e. The minimum atomic E-state index is -0.642. The zero-order valence-electron chi connectivity index (χ0n) is 25.6.